The van der Waals surface area contributed by atoms with Crippen molar-refractivity contribution >= 4 is 17.8 Å². The Morgan fingerprint density at radius 2 is 1.88 bits per heavy atom. The molecule has 2 fully saturated rings. The molecule has 9 heteroatoms. The monoisotopic (exact) mass is 349 g/mol. The Morgan fingerprint density at radius 1 is 1.29 bits per heavy atom. The second-order valence-electron chi connectivity index (χ2n) is 6.81. The largest absolute Gasteiger partial charge is 0.440 e. The van der Waals surface area contributed by atoms with Crippen LogP contribution in [0.1, 0.15) is 46.0 Å². The molecule has 4 amide bonds. The van der Waals surface area contributed by atoms with Crippen molar-refractivity contribution in [1.29, 1.82) is 0 Å². The van der Waals surface area contributed by atoms with Crippen molar-refractivity contribution in [1.82, 2.24) is 15.5 Å². The van der Waals surface area contributed by atoms with Gasteiger partial charge in [-0.1, -0.05) is 33.1 Å². The van der Waals surface area contributed by atoms with Crippen molar-refractivity contribution in [3.63, 3.8) is 0 Å². The molecule has 2 N–H and O–H groups in total. The highest BCUT2D eigenvalue weighted by Crippen LogP contribution is 2.35. The van der Waals surface area contributed by atoms with Crippen LogP contribution in [0, 0.1) is 11.8 Å². The summed E-state index contributed by atoms with van der Waals surface area (Å²) in [7, 11) is 0. The molecule has 0 aromatic carbocycles. The van der Waals surface area contributed by atoms with Crippen LogP contribution >= 0.6 is 0 Å². The van der Waals surface area contributed by atoms with Crippen LogP contribution in [0.4, 0.5) is 18.0 Å². The average Bonchev–Trinajstić information content (AvgIpc) is 2.72. The SMILES string of the molecule is CC(C)CN1C(=O)N[C@@](NC(=O)C2CCCCC2)(C(F)(F)F)C1=O. The molecule has 1 aliphatic carbocycles. The normalized spacial score (nSPS) is 26.0. The molecule has 24 heavy (non-hydrogen) atoms. The fourth-order valence-electron chi connectivity index (χ4n) is 3.11. The number of nitrogens with one attached hydrogen (secondary N) is 2. The number of alkyl halides is 3. The molecule has 0 aromatic heterocycles. The molecule has 1 aliphatic heterocycles. The minimum atomic E-state index is -5.13. The Kier molecular flexibility index (Phi) is 5.10. The number of amides is 4. The maximum absolute atomic E-state index is 13.6. The zero-order valence-corrected chi connectivity index (χ0v) is 13.7. The lowest BCUT2D eigenvalue weighted by Gasteiger charge is -2.32. The summed E-state index contributed by atoms with van der Waals surface area (Å²) in [5, 5.41) is 3.46. The predicted molar refractivity (Wildman–Crippen MR) is 78.6 cm³/mol. The fraction of sp³-hybridized carbons (Fsp3) is 0.800. The molecule has 2 aliphatic rings. The minimum Gasteiger partial charge on any atom is -0.318 e. The van der Waals surface area contributed by atoms with Crippen molar-refractivity contribution in [3.05, 3.63) is 0 Å². The molecule has 6 nitrogen and oxygen atoms in total. The van der Waals surface area contributed by atoms with Gasteiger partial charge in [-0.3, -0.25) is 19.8 Å². The summed E-state index contributed by atoms with van der Waals surface area (Å²) < 4.78 is 40.8. The quantitative estimate of drug-likeness (QED) is 0.764. The molecular formula is C15H22F3N3O3. The van der Waals surface area contributed by atoms with Crippen LogP contribution in [0.15, 0.2) is 0 Å². The lowest BCUT2D eigenvalue weighted by molar-refractivity contribution is -0.205. The first kappa shape index (κ1) is 18.5. The van der Waals surface area contributed by atoms with Gasteiger partial charge in [0.15, 0.2) is 0 Å². The number of carbonyl (C=O) groups is 3. The predicted octanol–water partition coefficient (Wildman–Crippen LogP) is 2.15. The van der Waals surface area contributed by atoms with Crippen molar-refractivity contribution in [3.8, 4) is 0 Å². The molecule has 1 saturated heterocycles. The molecule has 0 bridgehead atoms. The van der Waals surface area contributed by atoms with E-state index in [-0.39, 0.29) is 12.5 Å². The van der Waals surface area contributed by atoms with E-state index in [9.17, 15) is 27.6 Å². The number of urea groups is 1. The second-order valence-corrected chi connectivity index (χ2v) is 6.81. The van der Waals surface area contributed by atoms with E-state index in [0.29, 0.717) is 17.7 Å². The van der Waals surface area contributed by atoms with Crippen molar-refractivity contribution < 1.29 is 27.6 Å². The zero-order valence-electron chi connectivity index (χ0n) is 13.7. The summed E-state index contributed by atoms with van der Waals surface area (Å²) in [6.07, 6.45) is -1.70. The summed E-state index contributed by atoms with van der Waals surface area (Å²) in [5.74, 6) is -3.08. The lowest BCUT2D eigenvalue weighted by Crippen LogP contribution is -2.70. The first-order chi connectivity index (χ1) is 11.1. The van der Waals surface area contributed by atoms with E-state index in [2.05, 4.69) is 0 Å². The second kappa shape index (κ2) is 6.60. The molecule has 0 aromatic rings. The van der Waals surface area contributed by atoms with Gasteiger partial charge in [0.2, 0.25) is 5.91 Å². The molecule has 136 valence electrons. The minimum absolute atomic E-state index is 0.151. The van der Waals surface area contributed by atoms with E-state index in [0.717, 1.165) is 19.3 Å². The van der Waals surface area contributed by atoms with E-state index in [1.165, 1.54) is 0 Å². The summed E-state index contributed by atoms with van der Waals surface area (Å²) in [5.41, 5.74) is -3.37. The molecule has 0 radical (unpaired) electrons. The van der Waals surface area contributed by atoms with Crippen LogP contribution in [0.2, 0.25) is 0 Å². The number of nitrogens with zero attached hydrogens (tertiary/aromatic N) is 1. The first-order valence-electron chi connectivity index (χ1n) is 8.11. The summed E-state index contributed by atoms with van der Waals surface area (Å²) in [4.78, 5) is 37.0. The topological polar surface area (TPSA) is 78.5 Å². The van der Waals surface area contributed by atoms with Gasteiger partial charge in [0, 0.05) is 12.5 Å². The van der Waals surface area contributed by atoms with Crippen LogP contribution in [0.25, 0.3) is 0 Å². The number of imide groups is 1. The van der Waals surface area contributed by atoms with Gasteiger partial charge in [-0.25, -0.2) is 4.79 Å². The van der Waals surface area contributed by atoms with Gasteiger partial charge in [0.1, 0.15) is 0 Å². The summed E-state index contributed by atoms with van der Waals surface area (Å²) in [6.45, 7) is 3.20. The van der Waals surface area contributed by atoms with Crippen LogP contribution in [0.3, 0.4) is 0 Å². The zero-order chi connectivity index (χ0) is 18.1. The van der Waals surface area contributed by atoms with Gasteiger partial charge in [-0.2, -0.15) is 13.2 Å². The third kappa shape index (κ3) is 3.34. The molecule has 0 unspecified atom stereocenters. The van der Waals surface area contributed by atoms with Crippen molar-refractivity contribution in [2.45, 2.75) is 57.8 Å². The number of halogens is 3. The van der Waals surface area contributed by atoms with Gasteiger partial charge in [-0.05, 0) is 18.8 Å². The molecule has 0 spiro atoms. The number of hydrogen-bond donors (Lipinski definition) is 2. The van der Waals surface area contributed by atoms with E-state index in [1.807, 2.05) is 0 Å². The highest BCUT2D eigenvalue weighted by molar-refractivity contribution is 6.09. The summed E-state index contributed by atoms with van der Waals surface area (Å²) >= 11 is 0. The average molecular weight is 349 g/mol. The van der Waals surface area contributed by atoms with E-state index in [4.69, 9.17) is 0 Å². The highest BCUT2D eigenvalue weighted by Gasteiger charge is 2.68. The molecule has 1 saturated carbocycles. The van der Waals surface area contributed by atoms with E-state index >= 15 is 0 Å². The lowest BCUT2D eigenvalue weighted by atomic mass is 9.88. The molecule has 1 atom stereocenters. The Balaban J connectivity index is 2.26. The summed E-state index contributed by atoms with van der Waals surface area (Å²) in [6, 6.07) is -1.14. The van der Waals surface area contributed by atoms with Gasteiger partial charge < -0.3 is 5.32 Å². The van der Waals surface area contributed by atoms with Crippen molar-refractivity contribution in [2.75, 3.05) is 6.54 Å². The molecule has 1 heterocycles. The first-order valence-corrected chi connectivity index (χ1v) is 8.11. The Hall–Kier alpha value is -1.80. The van der Waals surface area contributed by atoms with Crippen LogP contribution in [0.5, 0.6) is 0 Å². The Labute approximate surface area is 138 Å². The molecular weight excluding hydrogens is 327 g/mol. The van der Waals surface area contributed by atoms with Gasteiger partial charge >= 0.3 is 12.2 Å². The fourth-order valence-corrected chi connectivity index (χ4v) is 3.11. The van der Waals surface area contributed by atoms with Gasteiger partial charge in [0.25, 0.3) is 11.6 Å². The number of rotatable bonds is 4. The molecule has 2 rings (SSSR count). The highest BCUT2D eigenvalue weighted by atomic mass is 19.4. The number of carbonyl (C=O) groups excluding carboxylic acids is 3. The van der Waals surface area contributed by atoms with E-state index in [1.54, 1.807) is 24.5 Å². The van der Waals surface area contributed by atoms with Gasteiger partial charge in [0.05, 0.1) is 0 Å². The third-order valence-electron chi connectivity index (χ3n) is 4.37. The van der Waals surface area contributed by atoms with Crippen LogP contribution in [-0.2, 0) is 9.59 Å². The third-order valence-corrected chi connectivity index (χ3v) is 4.37. The van der Waals surface area contributed by atoms with Gasteiger partial charge in [-0.15, -0.1) is 0 Å². The maximum Gasteiger partial charge on any atom is 0.440 e. The standard InChI is InChI=1S/C15H22F3N3O3/c1-9(2)8-21-12(23)14(15(16,17)18,20-13(21)24)19-11(22)10-6-4-3-5-7-10/h9-10H,3-8H2,1-2H3,(H,19,22)(H,20,24)/t14-/m1/s1. The van der Waals surface area contributed by atoms with Crippen molar-refractivity contribution in [2.24, 2.45) is 11.8 Å². The van der Waals surface area contributed by atoms with E-state index < -0.39 is 35.6 Å². The van der Waals surface area contributed by atoms with Crippen LogP contribution in [-0.4, -0.2) is 41.1 Å². The Bertz CT molecular complexity index is 530. The van der Waals surface area contributed by atoms with Crippen LogP contribution < -0.4 is 10.6 Å². The smallest absolute Gasteiger partial charge is 0.318 e. The Morgan fingerprint density at radius 3 is 2.38 bits per heavy atom. The maximum atomic E-state index is 13.6. The number of hydrogen-bond acceptors (Lipinski definition) is 3.